The molecule has 0 bridgehead atoms. The summed E-state index contributed by atoms with van der Waals surface area (Å²) in [4.78, 5) is 8.75. The number of fused-ring (bicyclic) bond motifs is 1. The van der Waals surface area contributed by atoms with E-state index in [4.69, 9.17) is 0 Å². The summed E-state index contributed by atoms with van der Waals surface area (Å²) in [5.74, 6) is 0.784. The van der Waals surface area contributed by atoms with Crippen LogP contribution in [0.1, 0.15) is 32.3 Å². The van der Waals surface area contributed by atoms with E-state index in [9.17, 15) is 0 Å². The van der Waals surface area contributed by atoms with Gasteiger partial charge in [0.05, 0.1) is 17.3 Å². The second-order valence-corrected chi connectivity index (χ2v) is 4.50. The van der Waals surface area contributed by atoms with Crippen molar-refractivity contribution in [2.45, 2.75) is 33.1 Å². The van der Waals surface area contributed by atoms with E-state index in [0.29, 0.717) is 0 Å². The molecule has 0 atom stereocenters. The molecule has 0 saturated heterocycles. The number of nitrogens with zero attached hydrogens (tertiary/aromatic N) is 3. The minimum absolute atomic E-state index is 0.0236. The van der Waals surface area contributed by atoms with E-state index in [1.807, 2.05) is 6.92 Å². The van der Waals surface area contributed by atoms with Gasteiger partial charge >= 0.3 is 0 Å². The quantitative estimate of drug-likeness (QED) is 0.690. The molecule has 0 saturated carbocycles. The Balaban J connectivity index is 2.80. The van der Waals surface area contributed by atoms with E-state index in [2.05, 4.69) is 40.9 Å². The number of aryl methyl sites for hydroxylation is 1. The fourth-order valence-corrected chi connectivity index (χ4v) is 1.52. The van der Waals surface area contributed by atoms with Gasteiger partial charge in [-0.05, 0) is 6.92 Å². The Morgan fingerprint density at radius 2 is 1.93 bits per heavy atom. The number of nitrogens with one attached hydrogen (secondary N) is 1. The molecule has 2 heterocycles. The lowest BCUT2D eigenvalue weighted by Gasteiger charge is -2.18. The van der Waals surface area contributed by atoms with Crippen LogP contribution in [0.2, 0.25) is 0 Å². The van der Waals surface area contributed by atoms with Gasteiger partial charge in [0.15, 0.2) is 5.65 Å². The van der Waals surface area contributed by atoms with Crippen LogP contribution in [0.3, 0.4) is 0 Å². The largest absolute Gasteiger partial charge is 0.261 e. The maximum absolute atomic E-state index is 4.47. The lowest BCUT2D eigenvalue weighted by molar-refractivity contribution is 0.572. The van der Waals surface area contributed by atoms with Crippen LogP contribution in [0, 0.1) is 6.92 Å². The second kappa shape index (κ2) is 2.77. The van der Waals surface area contributed by atoms with Crippen molar-refractivity contribution in [3.8, 4) is 0 Å². The predicted molar refractivity (Wildman–Crippen MR) is 55.1 cm³/mol. The first-order chi connectivity index (χ1) is 6.48. The maximum Gasteiger partial charge on any atom is 0.159 e. The second-order valence-electron chi connectivity index (χ2n) is 4.50. The molecule has 0 spiro atoms. The average Bonchev–Trinajstić information content (AvgIpc) is 2.47. The van der Waals surface area contributed by atoms with Crippen LogP contribution in [-0.2, 0) is 5.41 Å². The number of hydrogen-bond acceptors (Lipinski definition) is 3. The molecule has 2 aromatic rings. The maximum atomic E-state index is 4.47. The normalized spacial score (nSPS) is 12.3. The molecule has 2 aromatic heterocycles. The average molecular weight is 190 g/mol. The molecule has 0 aliphatic rings. The fraction of sp³-hybridized carbons (Fsp3) is 0.500. The first-order valence-corrected chi connectivity index (χ1v) is 4.66. The van der Waals surface area contributed by atoms with Crippen LogP contribution in [0.15, 0.2) is 6.20 Å². The molecule has 4 heteroatoms. The van der Waals surface area contributed by atoms with Gasteiger partial charge in [-0.25, -0.2) is 9.97 Å². The van der Waals surface area contributed by atoms with Crippen LogP contribution in [-0.4, -0.2) is 20.2 Å². The van der Waals surface area contributed by atoms with Gasteiger partial charge in [-0.2, -0.15) is 5.10 Å². The zero-order valence-corrected chi connectivity index (χ0v) is 8.92. The summed E-state index contributed by atoms with van der Waals surface area (Å²) in [6, 6.07) is 0. The molecule has 2 rings (SSSR count). The first kappa shape index (κ1) is 9.12. The van der Waals surface area contributed by atoms with Gasteiger partial charge in [-0.3, -0.25) is 5.10 Å². The Hall–Kier alpha value is -1.45. The van der Waals surface area contributed by atoms with E-state index in [1.54, 1.807) is 6.20 Å². The Labute approximate surface area is 82.8 Å². The van der Waals surface area contributed by atoms with Crippen LogP contribution < -0.4 is 0 Å². The summed E-state index contributed by atoms with van der Waals surface area (Å²) in [6.45, 7) is 8.32. The van der Waals surface area contributed by atoms with Crippen LogP contribution >= 0.6 is 0 Å². The van der Waals surface area contributed by atoms with Crippen molar-refractivity contribution in [1.29, 1.82) is 0 Å². The zero-order valence-electron chi connectivity index (χ0n) is 8.92. The molecule has 4 nitrogen and oxygen atoms in total. The summed E-state index contributed by atoms with van der Waals surface area (Å²) < 4.78 is 0. The van der Waals surface area contributed by atoms with Crippen molar-refractivity contribution in [2.75, 3.05) is 0 Å². The lowest BCUT2D eigenvalue weighted by atomic mass is 9.90. The number of hydrogen-bond donors (Lipinski definition) is 1. The molecular formula is C10H14N4. The zero-order chi connectivity index (χ0) is 10.3. The van der Waals surface area contributed by atoms with Crippen molar-refractivity contribution >= 4 is 11.0 Å². The monoisotopic (exact) mass is 190 g/mol. The van der Waals surface area contributed by atoms with Crippen LogP contribution in [0.4, 0.5) is 0 Å². The molecular weight excluding hydrogens is 176 g/mol. The van der Waals surface area contributed by atoms with Gasteiger partial charge in [0.2, 0.25) is 0 Å². The van der Waals surface area contributed by atoms with Crippen LogP contribution in [0.25, 0.3) is 11.0 Å². The summed E-state index contributed by atoms with van der Waals surface area (Å²) in [7, 11) is 0. The molecule has 0 aliphatic carbocycles. The molecule has 0 unspecified atom stereocenters. The van der Waals surface area contributed by atoms with Crippen molar-refractivity contribution in [3.63, 3.8) is 0 Å². The van der Waals surface area contributed by atoms with Crippen LogP contribution in [0.5, 0.6) is 0 Å². The highest BCUT2D eigenvalue weighted by atomic mass is 15.1. The summed E-state index contributed by atoms with van der Waals surface area (Å²) in [5, 5.41) is 7.88. The molecule has 1 N–H and O–H groups in total. The topological polar surface area (TPSA) is 54.5 Å². The van der Waals surface area contributed by atoms with Gasteiger partial charge in [0.1, 0.15) is 5.82 Å². The van der Waals surface area contributed by atoms with Gasteiger partial charge in [-0.1, -0.05) is 20.8 Å². The molecule has 0 amide bonds. The number of H-pyrrole nitrogens is 1. The number of aromatic nitrogens is 4. The Morgan fingerprint density at radius 1 is 1.21 bits per heavy atom. The predicted octanol–water partition coefficient (Wildman–Crippen LogP) is 1.96. The van der Waals surface area contributed by atoms with E-state index < -0.39 is 0 Å². The van der Waals surface area contributed by atoms with Gasteiger partial charge in [0, 0.05) is 5.41 Å². The third kappa shape index (κ3) is 1.36. The van der Waals surface area contributed by atoms with E-state index >= 15 is 0 Å². The third-order valence-corrected chi connectivity index (χ3v) is 2.13. The van der Waals surface area contributed by atoms with Crippen molar-refractivity contribution in [2.24, 2.45) is 0 Å². The highest BCUT2D eigenvalue weighted by Gasteiger charge is 2.20. The third-order valence-electron chi connectivity index (χ3n) is 2.13. The highest BCUT2D eigenvalue weighted by Crippen LogP contribution is 2.26. The molecule has 0 radical (unpaired) electrons. The lowest BCUT2D eigenvalue weighted by Crippen LogP contribution is -2.15. The smallest absolute Gasteiger partial charge is 0.159 e. The van der Waals surface area contributed by atoms with E-state index in [-0.39, 0.29) is 5.41 Å². The van der Waals surface area contributed by atoms with Gasteiger partial charge < -0.3 is 0 Å². The summed E-state index contributed by atoms with van der Waals surface area (Å²) >= 11 is 0. The Morgan fingerprint density at radius 3 is 2.57 bits per heavy atom. The minimum Gasteiger partial charge on any atom is -0.261 e. The summed E-state index contributed by atoms with van der Waals surface area (Å²) in [6.07, 6.45) is 1.79. The van der Waals surface area contributed by atoms with Gasteiger partial charge in [0.25, 0.3) is 0 Å². The molecule has 74 valence electrons. The summed E-state index contributed by atoms with van der Waals surface area (Å²) in [5.41, 5.74) is 1.90. The van der Waals surface area contributed by atoms with Crippen molar-refractivity contribution in [3.05, 3.63) is 17.7 Å². The number of rotatable bonds is 0. The molecule has 0 aliphatic heterocycles. The molecule has 0 fully saturated rings. The van der Waals surface area contributed by atoms with E-state index in [0.717, 1.165) is 22.6 Å². The number of aromatic amines is 1. The first-order valence-electron chi connectivity index (χ1n) is 4.66. The Bertz CT molecular complexity index is 464. The van der Waals surface area contributed by atoms with Gasteiger partial charge in [-0.15, -0.1) is 0 Å². The van der Waals surface area contributed by atoms with E-state index in [1.165, 1.54) is 0 Å². The van der Waals surface area contributed by atoms with Crippen molar-refractivity contribution < 1.29 is 0 Å². The van der Waals surface area contributed by atoms with Crippen molar-refractivity contribution in [1.82, 2.24) is 20.2 Å². The molecule has 0 aromatic carbocycles. The highest BCUT2D eigenvalue weighted by molar-refractivity contribution is 5.77. The minimum atomic E-state index is 0.0236. The molecule has 14 heavy (non-hydrogen) atoms. The Kier molecular flexibility index (Phi) is 1.80. The standard InChI is InChI=1S/C10H14N4/c1-6-12-8(10(2,3)4)7-5-11-14-9(7)13-6/h5H,1-4H3,(H,11,12,13,14). The SMILES string of the molecule is Cc1nc(C(C)(C)C)c2cn[nH]c2n1. The fourth-order valence-electron chi connectivity index (χ4n) is 1.52.